The van der Waals surface area contributed by atoms with Gasteiger partial charge in [0.05, 0.1) is 20.8 Å². The molecule has 0 aliphatic heterocycles. The minimum Gasteiger partial charge on any atom is -0.493 e. The van der Waals surface area contributed by atoms with Crippen LogP contribution in [0.4, 0.5) is 0 Å². The van der Waals surface area contributed by atoms with Crippen LogP contribution in [0, 0.1) is 0 Å². The Morgan fingerprint density at radius 1 is 1.04 bits per heavy atom. The van der Waals surface area contributed by atoms with Crippen molar-refractivity contribution in [3.05, 3.63) is 65.7 Å². The standard InChI is InChI=1S/C20H21N3O4/c1-26-17-11-10-16(13-18(17)27-2)20(25)21-14-19(24)23-22-12-6-9-15-7-4-3-5-8-15/h3-13H,14H2,1-2H3,(H,21,25)(H,23,24)/b9-6+,22-12?. The summed E-state index contributed by atoms with van der Waals surface area (Å²) in [5, 5.41) is 6.30. The average molecular weight is 367 g/mol. The predicted octanol–water partition coefficient (Wildman–Crippen LogP) is 2.25. The van der Waals surface area contributed by atoms with Crippen molar-refractivity contribution in [1.82, 2.24) is 10.7 Å². The van der Waals surface area contributed by atoms with Crippen LogP contribution in [0.15, 0.2) is 59.7 Å². The van der Waals surface area contributed by atoms with E-state index in [1.54, 1.807) is 24.3 Å². The molecule has 0 aliphatic carbocycles. The number of rotatable bonds is 8. The van der Waals surface area contributed by atoms with Gasteiger partial charge in [-0.3, -0.25) is 9.59 Å². The zero-order chi connectivity index (χ0) is 19.5. The summed E-state index contributed by atoms with van der Waals surface area (Å²) in [6.45, 7) is -0.201. The SMILES string of the molecule is COc1ccc(C(=O)NCC(=O)NN=C/C=C/c2ccccc2)cc1OC. The van der Waals surface area contributed by atoms with E-state index in [9.17, 15) is 9.59 Å². The Morgan fingerprint density at radius 3 is 2.48 bits per heavy atom. The summed E-state index contributed by atoms with van der Waals surface area (Å²) >= 11 is 0. The van der Waals surface area contributed by atoms with Gasteiger partial charge in [-0.2, -0.15) is 5.10 Å². The highest BCUT2D eigenvalue weighted by Gasteiger charge is 2.11. The Morgan fingerprint density at radius 2 is 1.78 bits per heavy atom. The second-order valence-corrected chi connectivity index (χ2v) is 5.34. The molecule has 140 valence electrons. The first-order valence-electron chi connectivity index (χ1n) is 8.18. The molecule has 2 rings (SSSR count). The highest BCUT2D eigenvalue weighted by Crippen LogP contribution is 2.27. The number of methoxy groups -OCH3 is 2. The molecule has 7 nitrogen and oxygen atoms in total. The average Bonchev–Trinajstić information content (AvgIpc) is 2.71. The number of amides is 2. The summed E-state index contributed by atoms with van der Waals surface area (Å²) in [4.78, 5) is 23.8. The summed E-state index contributed by atoms with van der Waals surface area (Å²) in [6, 6.07) is 14.4. The van der Waals surface area contributed by atoms with Crippen LogP contribution in [0.2, 0.25) is 0 Å². The second kappa shape index (κ2) is 10.4. The van der Waals surface area contributed by atoms with E-state index in [1.165, 1.54) is 20.4 Å². The lowest BCUT2D eigenvalue weighted by Crippen LogP contribution is -2.34. The van der Waals surface area contributed by atoms with E-state index in [0.717, 1.165) is 5.56 Å². The number of hydrazone groups is 1. The maximum atomic E-state index is 12.1. The lowest BCUT2D eigenvalue weighted by atomic mass is 10.2. The zero-order valence-electron chi connectivity index (χ0n) is 15.1. The summed E-state index contributed by atoms with van der Waals surface area (Å²) in [5.74, 6) is 0.112. The van der Waals surface area contributed by atoms with E-state index in [1.807, 2.05) is 36.4 Å². The fourth-order valence-corrected chi connectivity index (χ4v) is 2.15. The molecule has 0 bridgehead atoms. The summed E-state index contributed by atoms with van der Waals surface area (Å²) in [5.41, 5.74) is 3.72. The molecule has 0 spiro atoms. The maximum Gasteiger partial charge on any atom is 0.259 e. The van der Waals surface area contributed by atoms with Gasteiger partial charge in [-0.05, 0) is 29.8 Å². The molecule has 2 aromatic carbocycles. The van der Waals surface area contributed by atoms with Crippen molar-refractivity contribution in [2.45, 2.75) is 0 Å². The van der Waals surface area contributed by atoms with E-state index in [2.05, 4.69) is 15.8 Å². The normalized spacial score (nSPS) is 10.7. The van der Waals surface area contributed by atoms with Crippen LogP contribution in [0.1, 0.15) is 15.9 Å². The van der Waals surface area contributed by atoms with Crippen molar-refractivity contribution in [3.63, 3.8) is 0 Å². The van der Waals surface area contributed by atoms with Gasteiger partial charge in [0.15, 0.2) is 11.5 Å². The molecule has 0 aromatic heterocycles. The molecule has 2 aromatic rings. The lowest BCUT2D eigenvalue weighted by molar-refractivity contribution is -0.120. The summed E-state index contributed by atoms with van der Waals surface area (Å²) in [6.07, 6.45) is 5.02. The molecule has 27 heavy (non-hydrogen) atoms. The quantitative estimate of drug-likeness (QED) is 0.553. The molecule has 0 fully saturated rings. The minimum atomic E-state index is -0.437. The van der Waals surface area contributed by atoms with Gasteiger partial charge in [0.1, 0.15) is 0 Å². The zero-order valence-corrected chi connectivity index (χ0v) is 15.1. The van der Waals surface area contributed by atoms with E-state index in [4.69, 9.17) is 9.47 Å². The fraction of sp³-hybridized carbons (Fsp3) is 0.150. The van der Waals surface area contributed by atoms with Gasteiger partial charge in [-0.15, -0.1) is 0 Å². The molecule has 0 unspecified atom stereocenters. The van der Waals surface area contributed by atoms with Crippen molar-refractivity contribution in [2.75, 3.05) is 20.8 Å². The molecule has 2 amide bonds. The topological polar surface area (TPSA) is 89.0 Å². The second-order valence-electron chi connectivity index (χ2n) is 5.34. The van der Waals surface area contributed by atoms with E-state index >= 15 is 0 Å². The highest BCUT2D eigenvalue weighted by atomic mass is 16.5. The van der Waals surface area contributed by atoms with Crippen LogP contribution in [0.3, 0.4) is 0 Å². The number of hydrogen-bond acceptors (Lipinski definition) is 5. The monoisotopic (exact) mass is 367 g/mol. The van der Waals surface area contributed by atoms with Gasteiger partial charge in [0.25, 0.3) is 11.8 Å². The molecule has 0 radical (unpaired) electrons. The van der Waals surface area contributed by atoms with Crippen molar-refractivity contribution in [2.24, 2.45) is 5.10 Å². The largest absolute Gasteiger partial charge is 0.493 e. The molecule has 0 saturated carbocycles. The van der Waals surface area contributed by atoms with E-state index in [-0.39, 0.29) is 6.54 Å². The summed E-state index contributed by atoms with van der Waals surface area (Å²) in [7, 11) is 2.99. The van der Waals surface area contributed by atoms with Crippen molar-refractivity contribution in [1.29, 1.82) is 0 Å². The first-order chi connectivity index (χ1) is 13.1. The summed E-state index contributed by atoms with van der Waals surface area (Å²) < 4.78 is 10.3. The van der Waals surface area contributed by atoms with Crippen LogP contribution in [0.25, 0.3) is 6.08 Å². The minimum absolute atomic E-state index is 0.201. The van der Waals surface area contributed by atoms with Gasteiger partial charge in [0, 0.05) is 11.8 Å². The van der Waals surface area contributed by atoms with Gasteiger partial charge in [-0.1, -0.05) is 36.4 Å². The van der Waals surface area contributed by atoms with Crippen molar-refractivity contribution >= 4 is 24.1 Å². The molecule has 0 heterocycles. The fourth-order valence-electron chi connectivity index (χ4n) is 2.15. The first-order valence-corrected chi connectivity index (χ1v) is 8.18. The van der Waals surface area contributed by atoms with Crippen LogP contribution in [-0.4, -0.2) is 38.8 Å². The van der Waals surface area contributed by atoms with Crippen molar-refractivity contribution in [3.8, 4) is 11.5 Å². The number of carbonyl (C=O) groups is 2. The maximum absolute atomic E-state index is 12.1. The van der Waals surface area contributed by atoms with Crippen LogP contribution >= 0.6 is 0 Å². The molecule has 2 N–H and O–H groups in total. The lowest BCUT2D eigenvalue weighted by Gasteiger charge is -2.09. The Labute approximate surface area is 157 Å². The number of allylic oxidation sites excluding steroid dienone is 1. The Bertz CT molecular complexity index is 832. The first kappa shape index (κ1) is 19.7. The third kappa shape index (κ3) is 6.32. The Balaban J connectivity index is 1.78. The van der Waals surface area contributed by atoms with Crippen LogP contribution in [0.5, 0.6) is 11.5 Å². The molecule has 0 aliphatic rings. The third-order valence-corrected chi connectivity index (χ3v) is 3.49. The number of ether oxygens (including phenoxy) is 2. The highest BCUT2D eigenvalue weighted by molar-refractivity contribution is 5.97. The van der Waals surface area contributed by atoms with Gasteiger partial charge >= 0.3 is 0 Å². The number of nitrogens with zero attached hydrogens (tertiary/aromatic N) is 1. The predicted molar refractivity (Wildman–Crippen MR) is 104 cm³/mol. The number of hydrogen-bond donors (Lipinski definition) is 2. The molecular weight excluding hydrogens is 346 g/mol. The molecule has 0 saturated heterocycles. The van der Waals surface area contributed by atoms with Gasteiger partial charge < -0.3 is 14.8 Å². The number of nitrogens with one attached hydrogen (secondary N) is 2. The van der Waals surface area contributed by atoms with Crippen LogP contribution < -0.4 is 20.2 Å². The van der Waals surface area contributed by atoms with Gasteiger partial charge in [-0.25, -0.2) is 5.43 Å². The molecule has 0 atom stereocenters. The Kier molecular flexibility index (Phi) is 7.59. The smallest absolute Gasteiger partial charge is 0.259 e. The molecular formula is C20H21N3O4. The van der Waals surface area contributed by atoms with Crippen molar-refractivity contribution < 1.29 is 19.1 Å². The third-order valence-electron chi connectivity index (χ3n) is 3.49. The van der Waals surface area contributed by atoms with Gasteiger partial charge in [0.2, 0.25) is 0 Å². The van der Waals surface area contributed by atoms with E-state index in [0.29, 0.717) is 17.1 Å². The number of carbonyl (C=O) groups excluding carboxylic acids is 2. The molecule has 7 heteroatoms. The van der Waals surface area contributed by atoms with Crippen LogP contribution in [-0.2, 0) is 4.79 Å². The van der Waals surface area contributed by atoms with E-state index < -0.39 is 11.8 Å². The Hall–Kier alpha value is -3.61. The number of benzene rings is 2.